The maximum Gasteiger partial charge on any atom is 0.312 e. The van der Waals surface area contributed by atoms with E-state index in [2.05, 4.69) is 18.9 Å². The molecule has 0 saturated carbocycles. The minimum Gasteiger partial charge on any atom is -0.454 e. The molecule has 2 aromatic heterocycles. The first-order valence-corrected chi connectivity index (χ1v) is 8.89. The number of hydrogen-bond acceptors (Lipinski definition) is 5. The molecule has 0 aromatic carbocycles. The van der Waals surface area contributed by atoms with Crippen molar-refractivity contribution < 1.29 is 14.1 Å². The second-order valence-electron chi connectivity index (χ2n) is 7.04. The predicted octanol–water partition coefficient (Wildman–Crippen LogP) is 3.45. The van der Waals surface area contributed by atoms with Gasteiger partial charge in [0.05, 0.1) is 11.5 Å². The van der Waals surface area contributed by atoms with Crippen LogP contribution in [0.5, 0.6) is 0 Å². The summed E-state index contributed by atoms with van der Waals surface area (Å²) in [7, 11) is 0. The Morgan fingerprint density at radius 3 is 2.54 bits per heavy atom. The number of nitrogens with zero attached hydrogens (tertiary/aromatic N) is 4. The fourth-order valence-electron chi connectivity index (χ4n) is 3.78. The minimum atomic E-state index is -0.426. The fraction of sp³-hybridized carbons (Fsp3) is 0.556. The molecule has 26 heavy (non-hydrogen) atoms. The largest absolute Gasteiger partial charge is 0.454 e. The topological polar surface area (TPSA) is 94.4 Å². The van der Waals surface area contributed by atoms with Crippen LogP contribution in [0.3, 0.4) is 0 Å². The maximum absolute atomic E-state index is 12.8. The molecule has 1 aliphatic heterocycles. The summed E-state index contributed by atoms with van der Waals surface area (Å²) in [6, 6.07) is 3.79. The van der Waals surface area contributed by atoms with E-state index >= 15 is 0 Å². The summed E-state index contributed by atoms with van der Waals surface area (Å²) in [5.74, 6) is 0.748. The molecule has 1 fully saturated rings. The number of amides is 1. The molecule has 1 saturated heterocycles. The number of piperidine rings is 1. The third-order valence-corrected chi connectivity index (χ3v) is 5.13. The van der Waals surface area contributed by atoms with E-state index in [0.29, 0.717) is 22.9 Å². The zero-order chi connectivity index (χ0) is 19.0. The number of likely N-dealkylation sites (tertiary alicyclic amines) is 1. The average Bonchev–Trinajstić information content (AvgIpc) is 3.12. The molecular formula is C18H24N4O4. The van der Waals surface area contributed by atoms with Gasteiger partial charge in [0, 0.05) is 12.1 Å². The lowest BCUT2D eigenvalue weighted by Gasteiger charge is -2.38. The molecule has 0 radical (unpaired) electrons. The second-order valence-corrected chi connectivity index (χ2v) is 7.04. The third-order valence-electron chi connectivity index (χ3n) is 5.13. The number of aromatic nitrogens is 2. The van der Waals surface area contributed by atoms with Crippen LogP contribution in [-0.4, -0.2) is 37.6 Å². The van der Waals surface area contributed by atoms with E-state index in [9.17, 15) is 14.9 Å². The normalized spacial score (nSPS) is 20.4. The summed E-state index contributed by atoms with van der Waals surface area (Å²) in [6.07, 6.45) is 3.13. The highest BCUT2D eigenvalue weighted by Crippen LogP contribution is 2.26. The molecule has 0 unspecified atom stereocenters. The van der Waals surface area contributed by atoms with E-state index in [4.69, 9.17) is 4.42 Å². The van der Waals surface area contributed by atoms with Gasteiger partial charge in [-0.3, -0.25) is 19.6 Å². The average molecular weight is 360 g/mol. The van der Waals surface area contributed by atoms with Crippen molar-refractivity contribution in [2.45, 2.75) is 65.6 Å². The fourth-order valence-corrected chi connectivity index (χ4v) is 3.78. The Labute approximate surface area is 151 Å². The van der Waals surface area contributed by atoms with E-state index in [1.165, 1.54) is 4.68 Å². The summed E-state index contributed by atoms with van der Waals surface area (Å²) >= 11 is 0. The van der Waals surface area contributed by atoms with Gasteiger partial charge in [-0.05, 0) is 59.1 Å². The van der Waals surface area contributed by atoms with Crippen LogP contribution in [0.25, 0.3) is 0 Å². The van der Waals surface area contributed by atoms with E-state index in [-0.39, 0.29) is 30.2 Å². The highest BCUT2D eigenvalue weighted by molar-refractivity contribution is 5.92. The van der Waals surface area contributed by atoms with E-state index in [1.54, 1.807) is 26.0 Å². The standard InChI is InChI=1S/C18H24N4O4/c1-11-6-5-7-12(2)21(11)18(23)16-9-8-15(26-16)10-20-14(4)17(22(24)25)13(3)19-20/h8-9,11-12H,5-7,10H2,1-4H3/t11-,12+. The number of carbonyl (C=O) groups excluding carboxylic acids is 1. The van der Waals surface area contributed by atoms with E-state index in [1.807, 2.05) is 4.90 Å². The minimum absolute atomic E-state index is 0.0174. The number of hydrogen-bond donors (Lipinski definition) is 0. The SMILES string of the molecule is Cc1nn(Cc2ccc(C(=O)N3[C@H](C)CCC[C@@H]3C)o2)c(C)c1[N+](=O)[O-]. The monoisotopic (exact) mass is 360 g/mol. The lowest BCUT2D eigenvalue weighted by molar-refractivity contribution is -0.386. The van der Waals surface area contributed by atoms with Crippen LogP contribution < -0.4 is 0 Å². The van der Waals surface area contributed by atoms with Crippen molar-refractivity contribution in [2.75, 3.05) is 0 Å². The molecule has 2 aromatic rings. The van der Waals surface area contributed by atoms with Crippen molar-refractivity contribution in [3.63, 3.8) is 0 Å². The number of furan rings is 1. The maximum atomic E-state index is 12.8. The van der Waals surface area contributed by atoms with Gasteiger partial charge in [-0.2, -0.15) is 5.10 Å². The quantitative estimate of drug-likeness (QED) is 0.615. The van der Waals surface area contributed by atoms with Crippen LogP contribution in [0, 0.1) is 24.0 Å². The zero-order valence-electron chi connectivity index (χ0n) is 15.6. The van der Waals surface area contributed by atoms with Gasteiger partial charge >= 0.3 is 5.69 Å². The first kappa shape index (κ1) is 18.2. The molecule has 0 bridgehead atoms. The Kier molecular flexibility index (Phi) is 4.84. The van der Waals surface area contributed by atoms with Gasteiger partial charge in [0.15, 0.2) is 5.76 Å². The molecule has 3 heterocycles. The first-order chi connectivity index (χ1) is 12.3. The van der Waals surface area contributed by atoms with Gasteiger partial charge in [-0.25, -0.2) is 0 Å². The van der Waals surface area contributed by atoms with Crippen LogP contribution >= 0.6 is 0 Å². The first-order valence-electron chi connectivity index (χ1n) is 8.89. The molecule has 2 atom stereocenters. The Morgan fingerprint density at radius 2 is 1.96 bits per heavy atom. The van der Waals surface area contributed by atoms with Crippen LogP contribution in [0.4, 0.5) is 5.69 Å². The van der Waals surface area contributed by atoms with Crippen LogP contribution in [-0.2, 0) is 6.54 Å². The van der Waals surface area contributed by atoms with Crippen molar-refractivity contribution >= 4 is 11.6 Å². The highest BCUT2D eigenvalue weighted by Gasteiger charge is 2.31. The van der Waals surface area contributed by atoms with Gasteiger partial charge in [-0.1, -0.05) is 0 Å². The zero-order valence-corrected chi connectivity index (χ0v) is 15.6. The number of rotatable bonds is 4. The van der Waals surface area contributed by atoms with Crippen molar-refractivity contribution in [2.24, 2.45) is 0 Å². The molecule has 140 valence electrons. The van der Waals surface area contributed by atoms with Crippen LogP contribution in [0.15, 0.2) is 16.5 Å². The Balaban J connectivity index is 1.79. The molecule has 0 aliphatic carbocycles. The number of aryl methyl sites for hydroxylation is 1. The Hall–Kier alpha value is -2.64. The van der Waals surface area contributed by atoms with Crippen molar-refractivity contribution in [1.82, 2.24) is 14.7 Å². The summed E-state index contributed by atoms with van der Waals surface area (Å²) in [4.78, 5) is 25.4. The lowest BCUT2D eigenvalue weighted by atomic mass is 9.97. The molecule has 8 nitrogen and oxygen atoms in total. The molecular weight excluding hydrogens is 336 g/mol. The smallest absolute Gasteiger partial charge is 0.312 e. The van der Waals surface area contributed by atoms with Crippen molar-refractivity contribution in [3.05, 3.63) is 45.2 Å². The second kappa shape index (κ2) is 6.93. The van der Waals surface area contributed by atoms with Gasteiger partial charge in [0.1, 0.15) is 17.1 Å². The molecule has 3 rings (SSSR count). The summed E-state index contributed by atoms with van der Waals surface area (Å²) in [5.41, 5.74) is 0.852. The summed E-state index contributed by atoms with van der Waals surface area (Å²) in [5, 5.41) is 15.3. The molecule has 1 aliphatic rings. The Bertz CT molecular complexity index is 828. The van der Waals surface area contributed by atoms with Gasteiger partial charge in [-0.15, -0.1) is 0 Å². The number of carbonyl (C=O) groups is 1. The van der Waals surface area contributed by atoms with Crippen LogP contribution in [0.2, 0.25) is 0 Å². The molecule has 8 heteroatoms. The third kappa shape index (κ3) is 3.23. The van der Waals surface area contributed by atoms with E-state index < -0.39 is 4.92 Å². The van der Waals surface area contributed by atoms with Gasteiger partial charge < -0.3 is 9.32 Å². The van der Waals surface area contributed by atoms with Gasteiger partial charge in [0.25, 0.3) is 5.91 Å². The van der Waals surface area contributed by atoms with E-state index in [0.717, 1.165) is 19.3 Å². The lowest BCUT2D eigenvalue weighted by Crippen LogP contribution is -2.47. The number of nitro groups is 1. The summed E-state index contributed by atoms with van der Waals surface area (Å²) < 4.78 is 7.28. The molecule has 1 amide bonds. The van der Waals surface area contributed by atoms with Crippen molar-refractivity contribution in [3.8, 4) is 0 Å². The predicted molar refractivity (Wildman–Crippen MR) is 95.1 cm³/mol. The Morgan fingerprint density at radius 1 is 1.31 bits per heavy atom. The summed E-state index contributed by atoms with van der Waals surface area (Å²) in [6.45, 7) is 7.64. The molecule has 0 spiro atoms. The van der Waals surface area contributed by atoms with Gasteiger partial charge in [0.2, 0.25) is 0 Å². The highest BCUT2D eigenvalue weighted by atomic mass is 16.6. The molecule has 0 N–H and O–H groups in total. The van der Waals surface area contributed by atoms with Crippen molar-refractivity contribution in [1.29, 1.82) is 0 Å². The van der Waals surface area contributed by atoms with Crippen LogP contribution in [0.1, 0.15) is 60.8 Å².